The zero-order chi connectivity index (χ0) is 14.6. The topological polar surface area (TPSA) is 63.6 Å². The predicted molar refractivity (Wildman–Crippen MR) is 72.9 cm³/mol. The monoisotopic (exact) mass is 264 g/mol. The average Bonchev–Trinajstić information content (AvgIpc) is 2.28. The van der Waals surface area contributed by atoms with Gasteiger partial charge >= 0.3 is 5.97 Å². The zero-order valence-electron chi connectivity index (χ0n) is 11.8. The fraction of sp³-hybridized carbons (Fsp3) is 0.467. The second-order valence-electron chi connectivity index (χ2n) is 4.94. The average molecular weight is 264 g/mol. The van der Waals surface area contributed by atoms with E-state index in [1.807, 2.05) is 33.8 Å². The van der Waals surface area contributed by atoms with Crippen LogP contribution < -0.4 is 4.74 Å². The Hall–Kier alpha value is -1.84. The van der Waals surface area contributed by atoms with E-state index in [1.165, 1.54) is 0 Å². The minimum absolute atomic E-state index is 0.00726. The van der Waals surface area contributed by atoms with Crippen LogP contribution in [0.3, 0.4) is 0 Å². The highest BCUT2D eigenvalue weighted by molar-refractivity contribution is 6.00. The third kappa shape index (κ3) is 4.39. The molecule has 0 saturated heterocycles. The molecule has 0 radical (unpaired) electrons. The first-order valence-electron chi connectivity index (χ1n) is 6.34. The van der Waals surface area contributed by atoms with Crippen molar-refractivity contribution in [1.82, 2.24) is 0 Å². The molecule has 0 spiro atoms. The molecule has 0 aliphatic heterocycles. The predicted octanol–water partition coefficient (Wildman–Crippen LogP) is 3.14. The minimum Gasteiger partial charge on any atom is -0.490 e. The first-order chi connectivity index (χ1) is 8.81. The summed E-state index contributed by atoms with van der Waals surface area (Å²) in [4.78, 5) is 22.7. The van der Waals surface area contributed by atoms with Crippen molar-refractivity contribution < 1.29 is 19.4 Å². The molecule has 1 rings (SSSR count). The number of benzene rings is 1. The maximum atomic E-state index is 12.1. The number of aliphatic carboxylic acids is 1. The van der Waals surface area contributed by atoms with Crippen LogP contribution in [0.1, 0.15) is 48.2 Å². The van der Waals surface area contributed by atoms with Gasteiger partial charge in [0.25, 0.3) is 0 Å². The normalized spacial score (nSPS) is 10.6. The van der Waals surface area contributed by atoms with Gasteiger partial charge in [-0.15, -0.1) is 0 Å². The Balaban J connectivity index is 3.09. The molecule has 0 fully saturated rings. The molecule has 1 aromatic carbocycles. The van der Waals surface area contributed by atoms with Crippen LogP contribution in [-0.2, 0) is 4.79 Å². The first-order valence-corrected chi connectivity index (χ1v) is 6.34. The van der Waals surface area contributed by atoms with E-state index < -0.39 is 5.97 Å². The van der Waals surface area contributed by atoms with Crippen molar-refractivity contribution in [3.05, 3.63) is 28.8 Å². The van der Waals surface area contributed by atoms with E-state index in [0.717, 1.165) is 11.1 Å². The molecule has 4 nitrogen and oxygen atoms in total. The van der Waals surface area contributed by atoms with E-state index in [1.54, 1.807) is 6.07 Å². The number of Topliss-reactive ketones (excluding diaryl/α,β-unsaturated/α-hetero) is 1. The van der Waals surface area contributed by atoms with Crippen LogP contribution in [0.4, 0.5) is 0 Å². The second kappa shape index (κ2) is 6.36. The van der Waals surface area contributed by atoms with Gasteiger partial charge in [0.1, 0.15) is 5.75 Å². The van der Waals surface area contributed by atoms with E-state index in [2.05, 4.69) is 0 Å². The van der Waals surface area contributed by atoms with Gasteiger partial charge in [-0.05, 0) is 44.9 Å². The highest BCUT2D eigenvalue weighted by atomic mass is 16.5. The lowest BCUT2D eigenvalue weighted by atomic mass is 9.99. The Morgan fingerprint density at radius 2 is 1.84 bits per heavy atom. The van der Waals surface area contributed by atoms with Crippen molar-refractivity contribution in [3.63, 3.8) is 0 Å². The quantitative estimate of drug-likeness (QED) is 0.802. The summed E-state index contributed by atoms with van der Waals surface area (Å²) in [5, 5.41) is 8.65. The summed E-state index contributed by atoms with van der Waals surface area (Å²) in [5.74, 6) is -0.593. The molecular weight excluding hydrogens is 244 g/mol. The summed E-state index contributed by atoms with van der Waals surface area (Å²) >= 11 is 0. The fourth-order valence-corrected chi connectivity index (χ4v) is 1.91. The molecule has 0 aromatic heterocycles. The van der Waals surface area contributed by atoms with Gasteiger partial charge in [0, 0.05) is 6.42 Å². The number of ketones is 1. The van der Waals surface area contributed by atoms with Crippen LogP contribution in [0.2, 0.25) is 0 Å². The van der Waals surface area contributed by atoms with E-state index in [4.69, 9.17) is 9.84 Å². The van der Waals surface area contributed by atoms with Crippen molar-refractivity contribution >= 4 is 11.8 Å². The number of ether oxygens (including phenoxy) is 1. The SMILES string of the molecule is Cc1cc(C)c(OC(C)C)c(C(=O)CCC(=O)O)c1. The Kier molecular flexibility index (Phi) is 5.10. The van der Waals surface area contributed by atoms with Crippen molar-refractivity contribution in [2.24, 2.45) is 0 Å². The lowest BCUT2D eigenvalue weighted by molar-refractivity contribution is -0.136. The van der Waals surface area contributed by atoms with Crippen LogP contribution in [0.25, 0.3) is 0 Å². The summed E-state index contributed by atoms with van der Waals surface area (Å²) in [6.45, 7) is 7.58. The maximum absolute atomic E-state index is 12.1. The van der Waals surface area contributed by atoms with Gasteiger partial charge in [-0.3, -0.25) is 9.59 Å². The number of aryl methyl sites for hydroxylation is 2. The molecule has 19 heavy (non-hydrogen) atoms. The highest BCUT2D eigenvalue weighted by Crippen LogP contribution is 2.28. The summed E-state index contributed by atoms with van der Waals surface area (Å²) in [6.07, 6.45) is -0.202. The molecule has 4 heteroatoms. The Morgan fingerprint density at radius 3 is 2.37 bits per heavy atom. The van der Waals surface area contributed by atoms with Crippen molar-refractivity contribution in [2.45, 2.75) is 46.6 Å². The van der Waals surface area contributed by atoms with E-state index in [9.17, 15) is 9.59 Å². The molecule has 0 amide bonds. The van der Waals surface area contributed by atoms with Gasteiger partial charge in [0.2, 0.25) is 0 Å². The largest absolute Gasteiger partial charge is 0.490 e. The van der Waals surface area contributed by atoms with Crippen LogP contribution in [0.5, 0.6) is 5.75 Å². The molecular formula is C15H20O4. The van der Waals surface area contributed by atoms with Gasteiger partial charge in [-0.25, -0.2) is 0 Å². The van der Waals surface area contributed by atoms with Crippen LogP contribution >= 0.6 is 0 Å². The van der Waals surface area contributed by atoms with Crippen LogP contribution in [0.15, 0.2) is 12.1 Å². The van der Waals surface area contributed by atoms with E-state index >= 15 is 0 Å². The lowest BCUT2D eigenvalue weighted by Crippen LogP contribution is -2.12. The van der Waals surface area contributed by atoms with Gasteiger partial charge in [-0.2, -0.15) is 0 Å². The molecule has 0 aliphatic rings. The zero-order valence-corrected chi connectivity index (χ0v) is 11.8. The first kappa shape index (κ1) is 15.2. The molecule has 0 unspecified atom stereocenters. The van der Waals surface area contributed by atoms with Gasteiger partial charge in [0.15, 0.2) is 5.78 Å². The summed E-state index contributed by atoms with van der Waals surface area (Å²) < 4.78 is 5.69. The molecule has 1 N–H and O–H groups in total. The fourth-order valence-electron chi connectivity index (χ4n) is 1.91. The van der Waals surface area contributed by atoms with Crippen molar-refractivity contribution in [1.29, 1.82) is 0 Å². The number of carboxylic acids is 1. The molecule has 1 aromatic rings. The smallest absolute Gasteiger partial charge is 0.303 e. The Bertz CT molecular complexity index is 489. The summed E-state index contributed by atoms with van der Waals surface area (Å²) in [7, 11) is 0. The van der Waals surface area contributed by atoms with Crippen LogP contribution in [-0.4, -0.2) is 23.0 Å². The number of hydrogen-bond acceptors (Lipinski definition) is 3. The van der Waals surface area contributed by atoms with Gasteiger partial charge in [0.05, 0.1) is 18.1 Å². The van der Waals surface area contributed by atoms with E-state index in [0.29, 0.717) is 11.3 Å². The maximum Gasteiger partial charge on any atom is 0.303 e. The summed E-state index contributed by atoms with van der Waals surface area (Å²) in [5.41, 5.74) is 2.34. The van der Waals surface area contributed by atoms with E-state index in [-0.39, 0.29) is 24.7 Å². The Labute approximate surface area is 113 Å². The highest BCUT2D eigenvalue weighted by Gasteiger charge is 2.17. The third-order valence-corrected chi connectivity index (χ3v) is 2.64. The number of rotatable bonds is 6. The minimum atomic E-state index is -0.968. The third-order valence-electron chi connectivity index (χ3n) is 2.64. The Morgan fingerprint density at radius 1 is 1.21 bits per heavy atom. The molecule has 0 bridgehead atoms. The molecule has 0 heterocycles. The lowest BCUT2D eigenvalue weighted by Gasteiger charge is -2.17. The molecule has 0 saturated carbocycles. The van der Waals surface area contributed by atoms with Crippen LogP contribution in [0, 0.1) is 13.8 Å². The molecule has 0 aliphatic carbocycles. The van der Waals surface area contributed by atoms with Crippen molar-refractivity contribution in [2.75, 3.05) is 0 Å². The molecule has 104 valence electrons. The number of carboxylic acid groups (broad SMARTS) is 1. The number of carbonyl (C=O) groups excluding carboxylic acids is 1. The molecule has 0 atom stereocenters. The second-order valence-corrected chi connectivity index (χ2v) is 4.94. The van der Waals surface area contributed by atoms with Crippen molar-refractivity contribution in [3.8, 4) is 5.75 Å². The standard InChI is InChI=1S/C15H20O4/c1-9(2)19-15-11(4)7-10(3)8-12(15)13(16)5-6-14(17)18/h7-9H,5-6H2,1-4H3,(H,17,18). The van der Waals surface area contributed by atoms with Gasteiger partial charge < -0.3 is 9.84 Å². The summed E-state index contributed by atoms with van der Waals surface area (Å²) in [6, 6.07) is 3.71. The van der Waals surface area contributed by atoms with Gasteiger partial charge in [-0.1, -0.05) is 6.07 Å². The number of hydrogen-bond donors (Lipinski definition) is 1. The number of carbonyl (C=O) groups is 2.